The SMILES string of the molecule is CN(S(=O)(=O)c1cccc(S(=O)(=O)NS(=O)(=O)C(F)(F)F)c1)S(=O)(=O)C(F)(F)F. The highest BCUT2D eigenvalue weighted by Gasteiger charge is 2.53. The second-order valence-electron chi connectivity index (χ2n) is 4.85. The molecule has 0 aliphatic carbocycles. The quantitative estimate of drug-likeness (QED) is 0.532. The molecular weight excluding hydrogens is 506 g/mol. The van der Waals surface area contributed by atoms with Crippen molar-refractivity contribution in [2.24, 2.45) is 0 Å². The molecule has 0 saturated heterocycles. The van der Waals surface area contributed by atoms with Crippen LogP contribution in [0.25, 0.3) is 0 Å². The van der Waals surface area contributed by atoms with Gasteiger partial charge in [0.25, 0.3) is 20.0 Å². The van der Waals surface area contributed by atoms with E-state index in [1.165, 1.54) is 0 Å². The van der Waals surface area contributed by atoms with Crippen LogP contribution in [0.2, 0.25) is 0 Å². The number of hydrogen-bond acceptors (Lipinski definition) is 8. The Morgan fingerprint density at radius 3 is 1.66 bits per heavy atom. The van der Waals surface area contributed by atoms with Crippen molar-refractivity contribution in [1.29, 1.82) is 0 Å². The van der Waals surface area contributed by atoms with Crippen LogP contribution in [-0.2, 0) is 40.1 Å². The summed E-state index contributed by atoms with van der Waals surface area (Å²) in [5.41, 5.74) is -12.1. The summed E-state index contributed by atoms with van der Waals surface area (Å²) in [6.07, 6.45) is 0. The molecule has 0 aromatic heterocycles. The average molecular weight is 514 g/mol. The Bertz CT molecular complexity index is 1220. The molecule has 1 aromatic carbocycles. The second-order valence-corrected chi connectivity index (χ2v) is 12.6. The van der Waals surface area contributed by atoms with E-state index in [2.05, 4.69) is 0 Å². The van der Waals surface area contributed by atoms with Gasteiger partial charge < -0.3 is 0 Å². The summed E-state index contributed by atoms with van der Waals surface area (Å²) in [5, 5.41) is 0. The molecule has 0 aliphatic heterocycles. The number of rotatable bonds is 6. The zero-order chi connectivity index (χ0) is 23.3. The molecule has 0 unspecified atom stereocenters. The summed E-state index contributed by atoms with van der Waals surface area (Å²) in [6, 6.07) is 1.31. The molecule has 0 heterocycles. The average Bonchev–Trinajstić information content (AvgIpc) is 2.51. The van der Waals surface area contributed by atoms with Gasteiger partial charge in [-0.25, -0.2) is 33.7 Å². The van der Waals surface area contributed by atoms with Crippen LogP contribution in [-0.4, -0.2) is 55.4 Å². The predicted molar refractivity (Wildman–Crippen MR) is 81.7 cm³/mol. The summed E-state index contributed by atoms with van der Waals surface area (Å²) < 4.78 is 166. The lowest BCUT2D eigenvalue weighted by Gasteiger charge is -2.19. The van der Waals surface area contributed by atoms with Crippen LogP contribution in [0.4, 0.5) is 26.3 Å². The molecule has 0 aliphatic rings. The lowest BCUT2D eigenvalue weighted by Crippen LogP contribution is -2.42. The third kappa shape index (κ3) is 4.99. The lowest BCUT2D eigenvalue weighted by atomic mass is 10.4. The Morgan fingerprint density at radius 1 is 0.793 bits per heavy atom. The zero-order valence-corrected chi connectivity index (χ0v) is 16.7. The van der Waals surface area contributed by atoms with Gasteiger partial charge in [-0.15, -0.1) is 0 Å². The van der Waals surface area contributed by atoms with Crippen LogP contribution in [0, 0.1) is 0 Å². The lowest BCUT2D eigenvalue weighted by molar-refractivity contribution is -0.0466. The van der Waals surface area contributed by atoms with Gasteiger partial charge in [0.2, 0.25) is 0 Å². The van der Waals surface area contributed by atoms with Gasteiger partial charge in [0, 0.05) is 7.05 Å². The number of hydrogen-bond donors (Lipinski definition) is 1. The summed E-state index contributed by atoms with van der Waals surface area (Å²) in [7, 11) is -24.1. The molecule has 29 heavy (non-hydrogen) atoms. The highest BCUT2D eigenvalue weighted by molar-refractivity contribution is 8.05. The van der Waals surface area contributed by atoms with Gasteiger partial charge in [0.1, 0.15) is 0 Å². The van der Waals surface area contributed by atoms with Crippen molar-refractivity contribution in [3.05, 3.63) is 24.3 Å². The molecule has 1 N–H and O–H groups in total. The van der Waals surface area contributed by atoms with E-state index in [9.17, 15) is 60.0 Å². The monoisotopic (exact) mass is 514 g/mol. The van der Waals surface area contributed by atoms with Gasteiger partial charge in [0.05, 0.1) is 9.79 Å². The minimum atomic E-state index is -6.45. The van der Waals surface area contributed by atoms with Crippen molar-refractivity contribution in [2.45, 2.75) is 20.8 Å². The van der Waals surface area contributed by atoms with Crippen LogP contribution in [0.5, 0.6) is 0 Å². The molecule has 0 radical (unpaired) electrons. The fourth-order valence-electron chi connectivity index (χ4n) is 1.47. The smallest absolute Gasteiger partial charge is 0.206 e. The summed E-state index contributed by atoms with van der Waals surface area (Å²) in [4.78, 5) is -2.83. The van der Waals surface area contributed by atoms with Gasteiger partial charge in [-0.2, -0.15) is 26.3 Å². The largest absolute Gasteiger partial charge is 0.512 e. The zero-order valence-electron chi connectivity index (χ0n) is 13.4. The maximum Gasteiger partial charge on any atom is 0.512 e. The molecule has 0 fully saturated rings. The predicted octanol–water partition coefficient (Wildman–Crippen LogP) is 0.285. The second kappa shape index (κ2) is 7.34. The molecule has 10 nitrogen and oxygen atoms in total. The first kappa shape index (κ1) is 25.6. The fraction of sp³-hybridized carbons (Fsp3) is 0.333. The highest BCUT2D eigenvalue weighted by atomic mass is 32.3. The Kier molecular flexibility index (Phi) is 6.47. The number of alkyl halides is 6. The van der Waals surface area contributed by atoms with E-state index < -0.39 is 64.6 Å². The minimum absolute atomic E-state index is 0.0221. The first-order chi connectivity index (χ1) is 12.6. The van der Waals surface area contributed by atoms with Gasteiger partial charge in [-0.3, -0.25) is 0 Å². The molecule has 0 saturated carbocycles. The van der Waals surface area contributed by atoms with Gasteiger partial charge >= 0.3 is 31.1 Å². The van der Waals surface area contributed by atoms with E-state index in [-0.39, 0.29) is 17.2 Å². The Morgan fingerprint density at radius 2 is 1.24 bits per heavy atom. The van der Waals surface area contributed by atoms with Crippen molar-refractivity contribution < 1.29 is 60.0 Å². The molecule has 0 bridgehead atoms. The summed E-state index contributed by atoms with van der Waals surface area (Å²) >= 11 is 0. The summed E-state index contributed by atoms with van der Waals surface area (Å²) in [6.45, 7) is 0. The third-order valence-corrected chi connectivity index (χ3v) is 10.1. The topological polar surface area (TPSA) is 152 Å². The van der Waals surface area contributed by atoms with E-state index >= 15 is 0 Å². The molecule has 1 rings (SSSR count). The van der Waals surface area contributed by atoms with Gasteiger partial charge in [-0.1, -0.05) is 13.9 Å². The van der Waals surface area contributed by atoms with Crippen LogP contribution >= 0.6 is 0 Å². The van der Waals surface area contributed by atoms with E-state index in [0.717, 1.165) is 0 Å². The summed E-state index contributed by atoms with van der Waals surface area (Å²) in [5.74, 6) is 0. The first-order valence-corrected chi connectivity index (χ1v) is 12.2. The van der Waals surface area contributed by atoms with Gasteiger partial charge in [-0.05, 0) is 18.2 Å². The van der Waals surface area contributed by atoms with E-state index in [1.807, 2.05) is 0 Å². The molecule has 20 heteroatoms. The number of sulfonamides is 4. The van der Waals surface area contributed by atoms with E-state index in [0.29, 0.717) is 18.2 Å². The molecular formula is C9H8F6N2O8S4. The fourth-order valence-corrected chi connectivity index (χ4v) is 6.66. The van der Waals surface area contributed by atoms with Crippen molar-refractivity contribution >= 4 is 40.1 Å². The van der Waals surface area contributed by atoms with Crippen molar-refractivity contribution in [3.63, 3.8) is 0 Å². The van der Waals surface area contributed by atoms with E-state index in [1.54, 1.807) is 0 Å². The standard InChI is InChI=1S/C9H8F6N2O8S4/c1-17(29(24,25)9(13,14)15)27(20,21)7-4-2-3-6(5-7)26(18,19)16-28(22,23)8(10,11)12/h2-5,16H,1H3. The first-order valence-electron chi connectivity index (χ1n) is 6.33. The maximum absolute atomic E-state index is 12.5. The number of benzene rings is 1. The Balaban J connectivity index is 3.52. The molecule has 0 amide bonds. The normalized spacial score (nSPS) is 14.9. The van der Waals surface area contributed by atoms with Crippen molar-refractivity contribution in [2.75, 3.05) is 7.05 Å². The van der Waals surface area contributed by atoms with Gasteiger partial charge in [0.15, 0.2) is 0 Å². The molecule has 0 atom stereocenters. The molecule has 0 spiro atoms. The molecule has 1 aromatic rings. The van der Waals surface area contributed by atoms with Crippen molar-refractivity contribution in [3.8, 4) is 0 Å². The maximum atomic E-state index is 12.5. The number of nitrogens with one attached hydrogen (secondary N) is 1. The van der Waals surface area contributed by atoms with Crippen LogP contribution in [0.3, 0.4) is 0 Å². The highest BCUT2D eigenvalue weighted by Crippen LogP contribution is 2.30. The van der Waals surface area contributed by atoms with Crippen LogP contribution in [0.1, 0.15) is 0 Å². The van der Waals surface area contributed by atoms with Crippen LogP contribution in [0.15, 0.2) is 34.1 Å². The number of halogens is 6. The number of nitrogens with zero attached hydrogens (tertiary/aromatic N) is 1. The minimum Gasteiger partial charge on any atom is -0.206 e. The third-order valence-electron chi connectivity index (χ3n) is 2.91. The van der Waals surface area contributed by atoms with Crippen molar-refractivity contribution in [1.82, 2.24) is 7.84 Å². The van der Waals surface area contributed by atoms with E-state index in [4.69, 9.17) is 0 Å². The Hall–Kier alpha value is -1.48. The van der Waals surface area contributed by atoms with Crippen LogP contribution < -0.4 is 4.13 Å². The Labute approximate surface area is 160 Å². The molecule has 168 valence electrons.